The molecule has 0 N–H and O–H groups in total. The number of nitro benzene ring substituents is 1. The molecule has 0 radical (unpaired) electrons. The number of carbonyl (C=O) groups excluding carboxylic acids is 2. The molecule has 1 aliphatic heterocycles. The van der Waals surface area contributed by atoms with Gasteiger partial charge in [-0.3, -0.25) is 19.7 Å². The number of non-ortho nitro benzene ring substituents is 1. The highest BCUT2D eigenvalue weighted by molar-refractivity contribution is 7.87. The first-order chi connectivity index (χ1) is 17.3. The fraction of sp³-hybridized carbons (Fsp3) is 0. The summed E-state index contributed by atoms with van der Waals surface area (Å²) in [7, 11) is -4.38. The standard InChI is InChI=1S/C25H15N3O7S/c29-24-20-7-3-4-8-21(20)25(30)27(24)26-15-22-19-6-2-1-5-16(19)9-14-23(22)35-36(33,34)18-12-10-17(11-13-18)28(31)32/h1-15H. The first kappa shape index (κ1) is 22.9. The first-order valence-electron chi connectivity index (χ1n) is 10.5. The molecule has 0 unspecified atom stereocenters. The summed E-state index contributed by atoms with van der Waals surface area (Å²) in [6, 6.07) is 20.7. The van der Waals surface area contributed by atoms with Crippen LogP contribution in [0.1, 0.15) is 26.3 Å². The maximum atomic E-state index is 12.9. The Kier molecular flexibility index (Phi) is 5.53. The average molecular weight is 501 g/mol. The molecule has 2 amide bonds. The third-order valence-corrected chi connectivity index (χ3v) is 6.79. The van der Waals surface area contributed by atoms with E-state index < -0.39 is 26.9 Å². The molecule has 1 aliphatic rings. The number of hydrogen-bond acceptors (Lipinski definition) is 8. The van der Waals surface area contributed by atoms with E-state index in [0.29, 0.717) is 10.4 Å². The van der Waals surface area contributed by atoms with E-state index in [-0.39, 0.29) is 33.0 Å². The zero-order chi connectivity index (χ0) is 25.4. The number of fused-ring (bicyclic) bond motifs is 2. The van der Waals surface area contributed by atoms with Crippen LogP contribution in [0.25, 0.3) is 10.8 Å². The van der Waals surface area contributed by atoms with Crippen molar-refractivity contribution < 1.29 is 27.1 Å². The van der Waals surface area contributed by atoms with Crippen LogP contribution in [0.3, 0.4) is 0 Å². The molecule has 4 aromatic rings. The molecule has 178 valence electrons. The van der Waals surface area contributed by atoms with Gasteiger partial charge in [0.2, 0.25) is 0 Å². The molecule has 0 aliphatic carbocycles. The minimum Gasteiger partial charge on any atom is -0.378 e. The zero-order valence-corrected chi connectivity index (χ0v) is 19.1. The Hall–Kier alpha value is -4.90. The molecule has 0 atom stereocenters. The van der Waals surface area contributed by atoms with Gasteiger partial charge in [0, 0.05) is 17.7 Å². The van der Waals surface area contributed by atoms with E-state index in [2.05, 4.69) is 5.10 Å². The molecule has 10 nitrogen and oxygen atoms in total. The molecular weight excluding hydrogens is 486 g/mol. The highest BCUT2D eigenvalue weighted by Gasteiger charge is 2.35. The molecule has 0 saturated heterocycles. The summed E-state index contributed by atoms with van der Waals surface area (Å²) in [6.45, 7) is 0. The van der Waals surface area contributed by atoms with Crippen LogP contribution in [-0.2, 0) is 10.1 Å². The third kappa shape index (κ3) is 3.97. The molecule has 0 spiro atoms. The molecule has 0 fully saturated rings. The predicted molar refractivity (Wildman–Crippen MR) is 129 cm³/mol. The lowest BCUT2D eigenvalue weighted by Gasteiger charge is -2.13. The van der Waals surface area contributed by atoms with Crippen LogP contribution in [0.2, 0.25) is 0 Å². The van der Waals surface area contributed by atoms with E-state index in [4.69, 9.17) is 4.18 Å². The van der Waals surface area contributed by atoms with Gasteiger partial charge in [0.1, 0.15) is 4.90 Å². The Morgan fingerprint density at radius 2 is 1.44 bits per heavy atom. The third-order valence-electron chi connectivity index (χ3n) is 5.54. The topological polar surface area (TPSA) is 136 Å². The van der Waals surface area contributed by atoms with Crippen LogP contribution in [0.4, 0.5) is 5.69 Å². The molecule has 36 heavy (non-hydrogen) atoms. The van der Waals surface area contributed by atoms with E-state index in [1.807, 2.05) is 0 Å². The fourth-order valence-corrected chi connectivity index (χ4v) is 4.73. The second-order valence-corrected chi connectivity index (χ2v) is 9.25. The lowest BCUT2D eigenvalue weighted by atomic mass is 10.0. The predicted octanol–water partition coefficient (Wildman–Crippen LogP) is 4.15. The van der Waals surface area contributed by atoms with Crippen molar-refractivity contribution in [2.75, 3.05) is 0 Å². The number of benzene rings is 4. The van der Waals surface area contributed by atoms with Gasteiger partial charge < -0.3 is 4.18 Å². The number of amides is 2. The number of hydrazone groups is 1. The van der Waals surface area contributed by atoms with Crippen molar-refractivity contribution in [2.45, 2.75) is 4.90 Å². The summed E-state index contributed by atoms with van der Waals surface area (Å²) >= 11 is 0. The van der Waals surface area contributed by atoms with Crippen molar-refractivity contribution >= 4 is 44.6 Å². The number of carbonyl (C=O) groups is 2. The van der Waals surface area contributed by atoms with Gasteiger partial charge in [-0.1, -0.05) is 42.5 Å². The van der Waals surface area contributed by atoms with E-state index in [9.17, 15) is 28.1 Å². The molecule has 4 aromatic carbocycles. The normalized spacial score (nSPS) is 13.4. The van der Waals surface area contributed by atoms with Gasteiger partial charge in [-0.15, -0.1) is 0 Å². The van der Waals surface area contributed by atoms with Crippen LogP contribution in [0.5, 0.6) is 5.75 Å². The monoisotopic (exact) mass is 501 g/mol. The molecule has 1 heterocycles. The second-order valence-electron chi connectivity index (χ2n) is 7.70. The molecule has 5 rings (SSSR count). The Morgan fingerprint density at radius 1 is 0.833 bits per heavy atom. The van der Waals surface area contributed by atoms with E-state index in [1.165, 1.54) is 24.4 Å². The maximum Gasteiger partial charge on any atom is 0.339 e. The summed E-state index contributed by atoms with van der Waals surface area (Å²) in [5.74, 6) is -1.31. The summed E-state index contributed by atoms with van der Waals surface area (Å²) in [5.41, 5.74) is 0.383. The number of nitrogens with zero attached hydrogens (tertiary/aromatic N) is 3. The van der Waals surface area contributed by atoms with Crippen LogP contribution in [-0.4, -0.2) is 36.4 Å². The van der Waals surface area contributed by atoms with Gasteiger partial charge in [-0.25, -0.2) is 0 Å². The van der Waals surface area contributed by atoms with Crippen LogP contribution < -0.4 is 4.18 Å². The molecule has 0 saturated carbocycles. The maximum absolute atomic E-state index is 12.9. The summed E-state index contributed by atoms with van der Waals surface area (Å²) < 4.78 is 31.2. The SMILES string of the molecule is O=C1c2ccccc2C(=O)N1N=Cc1c(OS(=O)(=O)c2ccc([N+](=O)[O-])cc2)ccc2ccccc12. The van der Waals surface area contributed by atoms with E-state index in [1.54, 1.807) is 42.5 Å². The zero-order valence-electron chi connectivity index (χ0n) is 18.3. The highest BCUT2D eigenvalue weighted by atomic mass is 32.2. The smallest absolute Gasteiger partial charge is 0.339 e. The van der Waals surface area contributed by atoms with Crippen molar-refractivity contribution in [3.05, 3.63) is 112 Å². The van der Waals surface area contributed by atoms with Gasteiger partial charge in [0.15, 0.2) is 5.75 Å². The largest absolute Gasteiger partial charge is 0.378 e. The van der Waals surface area contributed by atoms with Gasteiger partial charge in [0.25, 0.3) is 17.5 Å². The van der Waals surface area contributed by atoms with Crippen LogP contribution >= 0.6 is 0 Å². The molecule has 0 bridgehead atoms. The Bertz CT molecular complexity index is 1660. The number of imide groups is 1. The number of hydrogen-bond donors (Lipinski definition) is 0. The Morgan fingerprint density at radius 3 is 2.08 bits per heavy atom. The van der Waals surface area contributed by atoms with Crippen LogP contribution in [0.15, 0.2) is 94.9 Å². The van der Waals surface area contributed by atoms with E-state index >= 15 is 0 Å². The van der Waals surface area contributed by atoms with Crippen molar-refractivity contribution in [3.63, 3.8) is 0 Å². The van der Waals surface area contributed by atoms with Gasteiger partial charge >= 0.3 is 10.1 Å². The minimum atomic E-state index is -4.38. The van der Waals surface area contributed by atoms with Gasteiger partial charge in [-0.2, -0.15) is 18.5 Å². The molecule has 0 aromatic heterocycles. The second kappa shape index (κ2) is 8.71. The first-order valence-corrected chi connectivity index (χ1v) is 11.9. The van der Waals surface area contributed by atoms with Gasteiger partial charge in [-0.05, 0) is 41.1 Å². The lowest BCUT2D eigenvalue weighted by molar-refractivity contribution is -0.384. The van der Waals surface area contributed by atoms with E-state index in [0.717, 1.165) is 29.7 Å². The Balaban J connectivity index is 1.54. The van der Waals surface area contributed by atoms with Gasteiger partial charge in [0.05, 0.1) is 22.3 Å². The number of rotatable bonds is 6. The Labute approximate surface area is 204 Å². The van der Waals surface area contributed by atoms with Crippen molar-refractivity contribution in [1.82, 2.24) is 5.01 Å². The van der Waals surface area contributed by atoms with Crippen LogP contribution in [0, 0.1) is 10.1 Å². The molecular formula is C25H15N3O7S. The summed E-state index contributed by atoms with van der Waals surface area (Å²) in [5, 5.41) is 17.0. The number of nitro groups is 1. The fourth-order valence-electron chi connectivity index (χ4n) is 3.78. The summed E-state index contributed by atoms with van der Waals surface area (Å²) in [4.78, 5) is 35.3. The van der Waals surface area contributed by atoms with Crippen molar-refractivity contribution in [2.24, 2.45) is 5.10 Å². The highest BCUT2D eigenvalue weighted by Crippen LogP contribution is 2.30. The van der Waals surface area contributed by atoms with Crippen molar-refractivity contribution in [1.29, 1.82) is 0 Å². The average Bonchev–Trinajstić information content (AvgIpc) is 3.12. The molecule has 11 heteroatoms. The minimum absolute atomic E-state index is 0.104. The van der Waals surface area contributed by atoms with Crippen molar-refractivity contribution in [3.8, 4) is 5.75 Å². The summed E-state index contributed by atoms with van der Waals surface area (Å²) in [6.07, 6.45) is 1.20. The lowest BCUT2D eigenvalue weighted by Crippen LogP contribution is -2.24. The quantitative estimate of drug-likeness (QED) is 0.127.